The quantitative estimate of drug-likeness (QED) is 0.706. The third-order valence-electron chi connectivity index (χ3n) is 3.95. The molecule has 1 aliphatic rings. The molecule has 6 heteroatoms. The number of fused-ring (bicyclic) bond motifs is 1. The Labute approximate surface area is 127 Å². The van der Waals surface area contributed by atoms with Gasteiger partial charge in [-0.2, -0.15) is 0 Å². The predicted molar refractivity (Wildman–Crippen MR) is 85.5 cm³/mol. The number of H-pyrrole nitrogens is 1. The van der Waals surface area contributed by atoms with E-state index in [1.165, 1.54) is 11.9 Å². The Hall–Kier alpha value is -2.57. The van der Waals surface area contributed by atoms with Crippen LogP contribution in [0.4, 0.5) is 0 Å². The molecule has 110 valence electrons. The first kappa shape index (κ1) is 13.1. The van der Waals surface area contributed by atoms with Gasteiger partial charge in [0.1, 0.15) is 12.0 Å². The maximum Gasteiger partial charge on any atom is 0.141 e. The van der Waals surface area contributed by atoms with Gasteiger partial charge in [0, 0.05) is 36.4 Å². The summed E-state index contributed by atoms with van der Waals surface area (Å²) in [6.07, 6.45) is 8.35. The van der Waals surface area contributed by atoms with Gasteiger partial charge in [0.15, 0.2) is 0 Å². The smallest absolute Gasteiger partial charge is 0.141 e. The largest absolute Gasteiger partial charge is 0.345 e. The summed E-state index contributed by atoms with van der Waals surface area (Å²) in [6, 6.07) is 6.10. The van der Waals surface area contributed by atoms with Crippen LogP contribution in [0.15, 0.2) is 43.0 Å². The van der Waals surface area contributed by atoms with Gasteiger partial charge in [-0.3, -0.25) is 5.84 Å². The van der Waals surface area contributed by atoms with E-state index in [4.69, 9.17) is 10.8 Å². The average molecular weight is 292 g/mol. The van der Waals surface area contributed by atoms with Crippen molar-refractivity contribution in [3.63, 3.8) is 0 Å². The second kappa shape index (κ2) is 5.32. The molecule has 1 aliphatic heterocycles. The molecule has 0 unspecified atom stereocenters. The van der Waals surface area contributed by atoms with E-state index in [0.717, 1.165) is 47.5 Å². The summed E-state index contributed by atoms with van der Waals surface area (Å²) in [4.78, 5) is 16.3. The van der Waals surface area contributed by atoms with Crippen LogP contribution in [-0.4, -0.2) is 38.0 Å². The van der Waals surface area contributed by atoms with Gasteiger partial charge in [-0.1, -0.05) is 12.1 Å². The van der Waals surface area contributed by atoms with Crippen molar-refractivity contribution < 1.29 is 0 Å². The van der Waals surface area contributed by atoms with Gasteiger partial charge < -0.3 is 4.98 Å². The Balaban J connectivity index is 1.76. The fraction of sp³-hybridized carbons (Fsp3) is 0.188. The molecule has 0 fully saturated rings. The molecule has 0 radical (unpaired) electrons. The van der Waals surface area contributed by atoms with E-state index in [9.17, 15) is 0 Å². The number of pyridine rings is 1. The van der Waals surface area contributed by atoms with E-state index in [1.54, 1.807) is 0 Å². The molecule has 4 heterocycles. The lowest BCUT2D eigenvalue weighted by atomic mass is 10.0. The molecule has 0 saturated heterocycles. The molecule has 0 aromatic carbocycles. The number of nitrogens with two attached hydrogens (primary N) is 1. The molecule has 0 aliphatic carbocycles. The molecule has 0 bridgehead atoms. The number of hydrazine groups is 1. The summed E-state index contributed by atoms with van der Waals surface area (Å²) >= 11 is 0. The number of rotatable bonds is 2. The van der Waals surface area contributed by atoms with Crippen LogP contribution in [0.2, 0.25) is 0 Å². The molecule has 4 rings (SSSR count). The SMILES string of the molecule is NN1CC=C(c2cccc(-c3c[nH]c4ncncc34)n2)CC1. The van der Waals surface area contributed by atoms with E-state index in [0.29, 0.717) is 0 Å². The molecule has 3 aromatic rings. The molecule has 3 aromatic heterocycles. The maximum absolute atomic E-state index is 5.79. The normalized spacial score (nSPS) is 16.0. The Morgan fingerprint density at radius 1 is 1.23 bits per heavy atom. The van der Waals surface area contributed by atoms with Crippen molar-refractivity contribution >= 4 is 16.6 Å². The molecular weight excluding hydrogens is 276 g/mol. The first-order valence-corrected chi connectivity index (χ1v) is 7.25. The van der Waals surface area contributed by atoms with Gasteiger partial charge in [-0.15, -0.1) is 0 Å². The van der Waals surface area contributed by atoms with E-state index in [2.05, 4.69) is 21.0 Å². The van der Waals surface area contributed by atoms with E-state index < -0.39 is 0 Å². The molecule has 0 atom stereocenters. The summed E-state index contributed by atoms with van der Waals surface area (Å²) < 4.78 is 0. The van der Waals surface area contributed by atoms with Gasteiger partial charge in [-0.05, 0) is 24.1 Å². The van der Waals surface area contributed by atoms with Crippen LogP contribution in [0.1, 0.15) is 12.1 Å². The van der Waals surface area contributed by atoms with Crippen molar-refractivity contribution in [2.45, 2.75) is 6.42 Å². The van der Waals surface area contributed by atoms with E-state index in [1.807, 2.05) is 35.6 Å². The first-order valence-electron chi connectivity index (χ1n) is 7.25. The summed E-state index contributed by atoms with van der Waals surface area (Å²) in [6.45, 7) is 1.63. The van der Waals surface area contributed by atoms with E-state index >= 15 is 0 Å². The zero-order chi connectivity index (χ0) is 14.9. The van der Waals surface area contributed by atoms with Crippen molar-refractivity contribution in [2.24, 2.45) is 5.84 Å². The lowest BCUT2D eigenvalue weighted by Gasteiger charge is -2.21. The van der Waals surface area contributed by atoms with Crippen molar-refractivity contribution in [3.05, 3.63) is 48.7 Å². The molecule has 3 N–H and O–H groups in total. The minimum atomic E-state index is 0.766. The summed E-state index contributed by atoms with van der Waals surface area (Å²) in [5.41, 5.74) is 5.04. The van der Waals surface area contributed by atoms with Crippen molar-refractivity contribution in [3.8, 4) is 11.3 Å². The highest BCUT2D eigenvalue weighted by Crippen LogP contribution is 2.27. The van der Waals surface area contributed by atoms with Crippen molar-refractivity contribution in [1.82, 2.24) is 24.9 Å². The van der Waals surface area contributed by atoms with Crippen molar-refractivity contribution in [2.75, 3.05) is 13.1 Å². The molecular formula is C16H16N6. The summed E-state index contributed by atoms with van der Waals surface area (Å²) in [5, 5.41) is 2.79. The topological polar surface area (TPSA) is 83.7 Å². The second-order valence-corrected chi connectivity index (χ2v) is 5.37. The number of nitrogens with zero attached hydrogens (tertiary/aromatic N) is 4. The highest BCUT2D eigenvalue weighted by atomic mass is 15.4. The van der Waals surface area contributed by atoms with Gasteiger partial charge >= 0.3 is 0 Å². The van der Waals surface area contributed by atoms with Crippen LogP contribution in [0, 0.1) is 0 Å². The highest BCUT2D eigenvalue weighted by Gasteiger charge is 2.13. The predicted octanol–water partition coefficient (Wildman–Crippen LogP) is 1.98. The lowest BCUT2D eigenvalue weighted by Crippen LogP contribution is -2.34. The van der Waals surface area contributed by atoms with Crippen LogP contribution < -0.4 is 5.84 Å². The second-order valence-electron chi connectivity index (χ2n) is 5.37. The zero-order valence-electron chi connectivity index (χ0n) is 12.0. The van der Waals surface area contributed by atoms with Crippen LogP contribution in [0.25, 0.3) is 27.9 Å². The fourth-order valence-electron chi connectivity index (χ4n) is 2.75. The van der Waals surface area contributed by atoms with Gasteiger partial charge in [0.2, 0.25) is 0 Å². The maximum atomic E-state index is 5.79. The minimum absolute atomic E-state index is 0.766. The number of aromatic nitrogens is 4. The highest BCUT2D eigenvalue weighted by molar-refractivity contribution is 5.91. The third-order valence-corrected chi connectivity index (χ3v) is 3.95. The minimum Gasteiger partial charge on any atom is -0.345 e. The molecule has 0 saturated carbocycles. The Bertz CT molecular complexity index is 850. The fourth-order valence-corrected chi connectivity index (χ4v) is 2.75. The van der Waals surface area contributed by atoms with Crippen LogP contribution in [-0.2, 0) is 0 Å². The average Bonchev–Trinajstić information content (AvgIpc) is 3.00. The Morgan fingerprint density at radius 3 is 3.00 bits per heavy atom. The molecule has 6 nitrogen and oxygen atoms in total. The van der Waals surface area contributed by atoms with Crippen LogP contribution in [0.3, 0.4) is 0 Å². The molecule has 22 heavy (non-hydrogen) atoms. The van der Waals surface area contributed by atoms with Crippen LogP contribution >= 0.6 is 0 Å². The zero-order valence-corrected chi connectivity index (χ0v) is 12.0. The van der Waals surface area contributed by atoms with Gasteiger partial charge in [0.05, 0.1) is 11.4 Å². The monoisotopic (exact) mass is 292 g/mol. The summed E-state index contributed by atoms with van der Waals surface area (Å²) in [7, 11) is 0. The van der Waals surface area contributed by atoms with Gasteiger partial charge in [-0.25, -0.2) is 20.0 Å². The third kappa shape index (κ3) is 2.28. The number of hydrogen-bond donors (Lipinski definition) is 2. The number of aromatic amines is 1. The Kier molecular flexibility index (Phi) is 3.17. The van der Waals surface area contributed by atoms with E-state index in [-0.39, 0.29) is 0 Å². The lowest BCUT2D eigenvalue weighted by molar-refractivity contribution is 0.314. The molecule has 0 amide bonds. The molecule has 0 spiro atoms. The van der Waals surface area contributed by atoms with Gasteiger partial charge in [0.25, 0.3) is 0 Å². The van der Waals surface area contributed by atoms with Crippen LogP contribution in [0.5, 0.6) is 0 Å². The number of hydrogen-bond acceptors (Lipinski definition) is 5. The standard InChI is InChI=1S/C16H16N6/c17-22-6-4-11(5-7-22)14-2-1-3-15(21-14)12-9-19-16-13(12)8-18-10-20-16/h1-4,8-10H,5-7,17H2,(H,18,19,20). The summed E-state index contributed by atoms with van der Waals surface area (Å²) in [5.74, 6) is 5.79. The Morgan fingerprint density at radius 2 is 2.14 bits per heavy atom. The van der Waals surface area contributed by atoms with Crippen molar-refractivity contribution in [1.29, 1.82) is 0 Å². The number of nitrogens with one attached hydrogen (secondary N) is 1. The first-order chi connectivity index (χ1) is 10.8.